The van der Waals surface area contributed by atoms with Crippen molar-refractivity contribution in [1.29, 1.82) is 0 Å². The summed E-state index contributed by atoms with van der Waals surface area (Å²) in [6.45, 7) is 5.89. The number of nitrogens with zero attached hydrogens (tertiary/aromatic N) is 1. The van der Waals surface area contributed by atoms with E-state index in [1.165, 1.54) is 11.8 Å². The van der Waals surface area contributed by atoms with Crippen LogP contribution in [0.3, 0.4) is 0 Å². The van der Waals surface area contributed by atoms with Crippen LogP contribution in [0.4, 0.5) is 0 Å². The van der Waals surface area contributed by atoms with Crippen molar-refractivity contribution in [1.82, 2.24) is 4.90 Å². The molecule has 1 fully saturated rings. The molecule has 1 aliphatic heterocycles. The maximum absolute atomic E-state index is 12.3. The molecule has 0 bridgehead atoms. The highest BCUT2D eigenvalue weighted by atomic mass is 79.9. The van der Waals surface area contributed by atoms with Gasteiger partial charge in [-0.05, 0) is 48.8 Å². The molecule has 3 nitrogen and oxygen atoms in total. The number of halogens is 1. The van der Waals surface area contributed by atoms with E-state index in [1.54, 1.807) is 23.1 Å². The largest absolute Gasteiger partial charge is 0.450 e. The lowest BCUT2D eigenvalue weighted by molar-refractivity contribution is -0.125. The minimum atomic E-state index is -0.305. The van der Waals surface area contributed by atoms with Gasteiger partial charge in [0.25, 0.3) is 5.91 Å². The topological polar surface area (TPSA) is 33.5 Å². The van der Waals surface area contributed by atoms with E-state index in [2.05, 4.69) is 15.9 Å². The molecule has 0 aromatic carbocycles. The first-order chi connectivity index (χ1) is 8.29. The quantitative estimate of drug-likeness (QED) is 0.568. The second-order valence-electron chi connectivity index (χ2n) is 4.83. The zero-order valence-electron chi connectivity index (χ0n) is 10.2. The highest BCUT2D eigenvalue weighted by Crippen LogP contribution is 2.37. The lowest BCUT2D eigenvalue weighted by atomic mass is 10.1. The van der Waals surface area contributed by atoms with Gasteiger partial charge in [0.1, 0.15) is 10.1 Å². The van der Waals surface area contributed by atoms with Crippen molar-refractivity contribution in [2.24, 2.45) is 0 Å². The SMILES string of the molecule is CC(C)(C)N1C(=O)C(=Cc2ccc(Br)o2)SC1=S. The summed E-state index contributed by atoms with van der Waals surface area (Å²) >= 11 is 9.79. The summed E-state index contributed by atoms with van der Waals surface area (Å²) in [5.74, 6) is 0.571. The van der Waals surface area contributed by atoms with Crippen LogP contribution in [-0.4, -0.2) is 20.7 Å². The van der Waals surface area contributed by atoms with Crippen LogP contribution in [0.5, 0.6) is 0 Å². The highest BCUT2D eigenvalue weighted by molar-refractivity contribution is 9.10. The zero-order chi connectivity index (χ0) is 13.5. The molecule has 2 rings (SSSR count). The van der Waals surface area contributed by atoms with Gasteiger partial charge in [0.05, 0.1) is 4.91 Å². The average molecular weight is 346 g/mol. The third kappa shape index (κ3) is 2.70. The Balaban J connectivity index is 2.31. The van der Waals surface area contributed by atoms with E-state index in [4.69, 9.17) is 16.6 Å². The molecular formula is C12H12BrNO2S2. The number of thiocarbonyl (C=S) groups is 1. The van der Waals surface area contributed by atoms with Crippen molar-refractivity contribution < 1.29 is 9.21 Å². The summed E-state index contributed by atoms with van der Waals surface area (Å²) in [6, 6.07) is 3.59. The van der Waals surface area contributed by atoms with Crippen LogP contribution in [0.15, 0.2) is 26.1 Å². The summed E-state index contributed by atoms with van der Waals surface area (Å²) in [5, 5.41) is 0. The predicted molar refractivity (Wildman–Crippen MR) is 81.2 cm³/mol. The average Bonchev–Trinajstić information content (AvgIpc) is 2.71. The van der Waals surface area contributed by atoms with Crippen LogP contribution in [0.25, 0.3) is 6.08 Å². The summed E-state index contributed by atoms with van der Waals surface area (Å²) in [7, 11) is 0. The van der Waals surface area contributed by atoms with E-state index >= 15 is 0 Å². The van der Waals surface area contributed by atoms with Crippen molar-refractivity contribution in [2.45, 2.75) is 26.3 Å². The molecule has 0 N–H and O–H groups in total. The Labute approximate surface area is 124 Å². The van der Waals surface area contributed by atoms with Gasteiger partial charge in [-0.1, -0.05) is 24.0 Å². The van der Waals surface area contributed by atoms with E-state index in [9.17, 15) is 4.79 Å². The van der Waals surface area contributed by atoms with Crippen LogP contribution < -0.4 is 0 Å². The monoisotopic (exact) mass is 345 g/mol. The van der Waals surface area contributed by atoms with E-state index in [1.807, 2.05) is 20.8 Å². The number of amides is 1. The third-order valence-corrected chi connectivity index (χ3v) is 4.06. The van der Waals surface area contributed by atoms with Crippen LogP contribution in [0.1, 0.15) is 26.5 Å². The molecule has 0 aliphatic carbocycles. The summed E-state index contributed by atoms with van der Waals surface area (Å²) in [6.07, 6.45) is 1.72. The number of thioether (sulfide) groups is 1. The van der Waals surface area contributed by atoms with Gasteiger partial charge in [0, 0.05) is 11.6 Å². The number of hydrogen-bond acceptors (Lipinski definition) is 4. The Kier molecular flexibility index (Phi) is 3.71. The molecule has 0 unspecified atom stereocenters. The smallest absolute Gasteiger partial charge is 0.266 e. The number of rotatable bonds is 1. The van der Waals surface area contributed by atoms with E-state index in [-0.39, 0.29) is 11.4 Å². The Morgan fingerprint density at radius 1 is 1.44 bits per heavy atom. The van der Waals surface area contributed by atoms with Crippen molar-refractivity contribution in [3.05, 3.63) is 27.5 Å². The Bertz CT molecular complexity index is 543. The van der Waals surface area contributed by atoms with Crippen molar-refractivity contribution in [3.8, 4) is 0 Å². The predicted octanol–water partition coefficient (Wildman–Crippen LogP) is 4.04. The molecule has 1 amide bonds. The van der Waals surface area contributed by atoms with Gasteiger partial charge in [-0.3, -0.25) is 9.69 Å². The van der Waals surface area contributed by atoms with E-state index in [0.29, 0.717) is 19.7 Å². The number of carbonyl (C=O) groups is 1. The van der Waals surface area contributed by atoms with Gasteiger partial charge in [0.2, 0.25) is 0 Å². The minimum Gasteiger partial charge on any atom is -0.450 e. The number of hydrogen-bond donors (Lipinski definition) is 0. The molecule has 18 heavy (non-hydrogen) atoms. The lowest BCUT2D eigenvalue weighted by Crippen LogP contribution is -2.44. The fourth-order valence-electron chi connectivity index (χ4n) is 1.58. The third-order valence-electron chi connectivity index (χ3n) is 2.33. The number of furan rings is 1. The molecule has 1 aromatic rings. The van der Waals surface area contributed by atoms with Crippen LogP contribution in [0, 0.1) is 0 Å². The zero-order valence-corrected chi connectivity index (χ0v) is 13.4. The first-order valence-corrected chi connectivity index (χ1v) is 7.34. The summed E-state index contributed by atoms with van der Waals surface area (Å²) in [4.78, 5) is 14.5. The normalized spacial score (nSPS) is 19.1. The maximum atomic E-state index is 12.3. The molecule has 0 spiro atoms. The standard InChI is InChI=1S/C12H12BrNO2S2/c1-12(2,3)14-10(15)8(18-11(14)17)6-7-4-5-9(13)16-7/h4-6H,1-3H3. The van der Waals surface area contributed by atoms with E-state index < -0.39 is 0 Å². The summed E-state index contributed by atoms with van der Waals surface area (Å²) < 4.78 is 6.59. The molecule has 0 radical (unpaired) electrons. The van der Waals surface area contributed by atoms with Gasteiger partial charge in [-0.15, -0.1) is 0 Å². The second kappa shape index (κ2) is 4.83. The van der Waals surface area contributed by atoms with Gasteiger partial charge < -0.3 is 4.42 Å². The van der Waals surface area contributed by atoms with Gasteiger partial charge in [0.15, 0.2) is 4.67 Å². The minimum absolute atomic E-state index is 0.0648. The van der Waals surface area contributed by atoms with Gasteiger partial charge >= 0.3 is 0 Å². The summed E-state index contributed by atoms with van der Waals surface area (Å²) in [5.41, 5.74) is -0.305. The first-order valence-electron chi connectivity index (χ1n) is 5.32. The molecule has 0 saturated carbocycles. The molecular weight excluding hydrogens is 334 g/mol. The Morgan fingerprint density at radius 2 is 2.11 bits per heavy atom. The first kappa shape index (κ1) is 13.8. The molecule has 1 aliphatic rings. The van der Waals surface area contributed by atoms with E-state index in [0.717, 1.165) is 0 Å². The highest BCUT2D eigenvalue weighted by Gasteiger charge is 2.39. The molecule has 2 heterocycles. The van der Waals surface area contributed by atoms with Gasteiger partial charge in [-0.25, -0.2) is 0 Å². The molecule has 1 aromatic heterocycles. The molecule has 96 valence electrons. The number of carbonyl (C=O) groups excluding carboxylic acids is 1. The van der Waals surface area contributed by atoms with Crippen molar-refractivity contribution in [2.75, 3.05) is 0 Å². The Morgan fingerprint density at radius 3 is 2.56 bits per heavy atom. The van der Waals surface area contributed by atoms with Crippen LogP contribution in [0.2, 0.25) is 0 Å². The van der Waals surface area contributed by atoms with Crippen molar-refractivity contribution >= 4 is 56.2 Å². The second-order valence-corrected chi connectivity index (χ2v) is 7.29. The molecule has 0 atom stereocenters. The lowest BCUT2D eigenvalue weighted by Gasteiger charge is -2.30. The van der Waals surface area contributed by atoms with Gasteiger partial charge in [-0.2, -0.15) is 0 Å². The van der Waals surface area contributed by atoms with Crippen LogP contribution in [-0.2, 0) is 4.79 Å². The molecule has 6 heteroatoms. The Hall–Kier alpha value is -0.590. The maximum Gasteiger partial charge on any atom is 0.266 e. The fourth-order valence-corrected chi connectivity index (χ4v) is 3.52. The fraction of sp³-hybridized carbons (Fsp3) is 0.333. The van der Waals surface area contributed by atoms with Crippen LogP contribution >= 0.6 is 39.9 Å². The molecule has 1 saturated heterocycles. The van der Waals surface area contributed by atoms with Crippen molar-refractivity contribution in [3.63, 3.8) is 0 Å².